The molecular formula is C15H26N2O. The Morgan fingerprint density at radius 1 is 1.11 bits per heavy atom. The van der Waals surface area contributed by atoms with E-state index in [2.05, 4.69) is 43.0 Å². The monoisotopic (exact) mass is 250 g/mol. The number of benzene rings is 1. The van der Waals surface area contributed by atoms with Gasteiger partial charge in [0.15, 0.2) is 0 Å². The lowest BCUT2D eigenvalue weighted by atomic mass is 10.1. The third-order valence-electron chi connectivity index (χ3n) is 3.16. The van der Waals surface area contributed by atoms with Gasteiger partial charge in [0, 0.05) is 18.8 Å². The smallest absolute Gasteiger partial charge is 0.0761 e. The van der Waals surface area contributed by atoms with Crippen LogP contribution in [0.5, 0.6) is 0 Å². The number of hydrogen-bond donors (Lipinski definition) is 1. The van der Waals surface area contributed by atoms with Gasteiger partial charge >= 0.3 is 0 Å². The minimum Gasteiger partial charge on any atom is -0.389 e. The highest BCUT2D eigenvalue weighted by Crippen LogP contribution is 2.19. The molecule has 0 aliphatic heterocycles. The number of aliphatic hydroxyl groups is 1. The van der Waals surface area contributed by atoms with Gasteiger partial charge in [0.25, 0.3) is 0 Å². The van der Waals surface area contributed by atoms with E-state index in [4.69, 9.17) is 0 Å². The Morgan fingerprint density at radius 3 is 2.17 bits per heavy atom. The quantitative estimate of drug-likeness (QED) is 0.805. The summed E-state index contributed by atoms with van der Waals surface area (Å²) in [5, 5.41) is 9.49. The molecule has 0 fully saturated rings. The first kappa shape index (κ1) is 15.0. The standard InChI is InChI=1S/C15H26N2O/c1-5-17(12-6-11-16(3)4)15-9-7-14(8-10-15)13(2)18/h7-10,13,18H,5-6,11-12H2,1-4H3/t13-/m0/s1. The third-order valence-corrected chi connectivity index (χ3v) is 3.16. The average Bonchev–Trinajstić information content (AvgIpc) is 2.34. The average molecular weight is 250 g/mol. The van der Waals surface area contributed by atoms with E-state index in [-0.39, 0.29) is 6.10 Å². The second-order valence-electron chi connectivity index (χ2n) is 5.00. The molecule has 1 aromatic rings. The summed E-state index contributed by atoms with van der Waals surface area (Å²) in [5.41, 5.74) is 2.21. The van der Waals surface area contributed by atoms with Crippen LogP contribution in [-0.4, -0.2) is 43.7 Å². The number of nitrogens with zero attached hydrogens (tertiary/aromatic N) is 2. The molecule has 0 heterocycles. The second kappa shape index (κ2) is 7.39. The van der Waals surface area contributed by atoms with Crippen molar-refractivity contribution in [1.82, 2.24) is 4.90 Å². The van der Waals surface area contributed by atoms with Crippen LogP contribution in [0.4, 0.5) is 5.69 Å². The van der Waals surface area contributed by atoms with Gasteiger partial charge in [-0.05, 0) is 58.6 Å². The summed E-state index contributed by atoms with van der Waals surface area (Å²) >= 11 is 0. The van der Waals surface area contributed by atoms with Crippen molar-refractivity contribution in [3.63, 3.8) is 0 Å². The molecule has 3 heteroatoms. The first-order valence-electron chi connectivity index (χ1n) is 6.72. The predicted molar refractivity (Wildman–Crippen MR) is 78.1 cm³/mol. The van der Waals surface area contributed by atoms with Gasteiger partial charge in [0.05, 0.1) is 6.10 Å². The Bertz CT molecular complexity index is 333. The first-order chi connectivity index (χ1) is 8.54. The lowest BCUT2D eigenvalue weighted by Gasteiger charge is -2.24. The Hall–Kier alpha value is -1.06. The lowest BCUT2D eigenvalue weighted by Crippen LogP contribution is -2.26. The largest absolute Gasteiger partial charge is 0.389 e. The highest BCUT2D eigenvalue weighted by atomic mass is 16.3. The molecule has 1 N–H and O–H groups in total. The number of aliphatic hydroxyl groups excluding tert-OH is 1. The molecule has 18 heavy (non-hydrogen) atoms. The van der Waals surface area contributed by atoms with E-state index in [0.29, 0.717) is 0 Å². The van der Waals surface area contributed by atoms with Gasteiger partial charge in [-0.2, -0.15) is 0 Å². The van der Waals surface area contributed by atoms with E-state index >= 15 is 0 Å². The Kier molecular flexibility index (Phi) is 6.16. The van der Waals surface area contributed by atoms with Crippen LogP contribution in [0.25, 0.3) is 0 Å². The van der Waals surface area contributed by atoms with Gasteiger partial charge in [0.1, 0.15) is 0 Å². The van der Waals surface area contributed by atoms with Gasteiger partial charge in [-0.15, -0.1) is 0 Å². The first-order valence-corrected chi connectivity index (χ1v) is 6.72. The molecule has 0 bridgehead atoms. The molecule has 0 unspecified atom stereocenters. The number of hydrogen-bond acceptors (Lipinski definition) is 3. The highest BCUT2D eigenvalue weighted by Gasteiger charge is 2.06. The van der Waals surface area contributed by atoms with Crippen molar-refractivity contribution in [3.8, 4) is 0 Å². The van der Waals surface area contributed by atoms with Crippen LogP contribution in [0.3, 0.4) is 0 Å². The molecule has 0 aliphatic rings. The van der Waals surface area contributed by atoms with E-state index in [1.54, 1.807) is 6.92 Å². The third kappa shape index (κ3) is 4.67. The number of anilines is 1. The summed E-state index contributed by atoms with van der Waals surface area (Å²) in [4.78, 5) is 4.58. The van der Waals surface area contributed by atoms with Crippen LogP contribution in [0, 0.1) is 0 Å². The Morgan fingerprint density at radius 2 is 1.72 bits per heavy atom. The van der Waals surface area contributed by atoms with Crippen molar-refractivity contribution in [1.29, 1.82) is 0 Å². The van der Waals surface area contributed by atoms with Crippen LogP contribution < -0.4 is 4.90 Å². The summed E-state index contributed by atoms with van der Waals surface area (Å²) in [6.07, 6.45) is 0.779. The van der Waals surface area contributed by atoms with Crippen molar-refractivity contribution in [2.75, 3.05) is 38.6 Å². The molecule has 0 aliphatic carbocycles. The fourth-order valence-corrected chi connectivity index (χ4v) is 2.01. The van der Waals surface area contributed by atoms with Crippen molar-refractivity contribution >= 4 is 5.69 Å². The zero-order chi connectivity index (χ0) is 13.5. The maximum absolute atomic E-state index is 9.49. The molecule has 102 valence electrons. The van der Waals surface area contributed by atoms with Crippen molar-refractivity contribution < 1.29 is 5.11 Å². The molecule has 0 spiro atoms. The van der Waals surface area contributed by atoms with Crippen LogP contribution >= 0.6 is 0 Å². The summed E-state index contributed by atoms with van der Waals surface area (Å²) in [5.74, 6) is 0. The molecular weight excluding hydrogens is 224 g/mol. The van der Waals surface area contributed by atoms with Gasteiger partial charge in [-0.1, -0.05) is 12.1 Å². The fourth-order valence-electron chi connectivity index (χ4n) is 2.01. The van der Waals surface area contributed by atoms with Gasteiger partial charge in [-0.25, -0.2) is 0 Å². The normalized spacial score (nSPS) is 12.8. The molecule has 1 atom stereocenters. The molecule has 0 radical (unpaired) electrons. The van der Waals surface area contributed by atoms with Gasteiger partial charge in [0.2, 0.25) is 0 Å². The molecule has 1 rings (SSSR count). The van der Waals surface area contributed by atoms with Crippen LogP contribution in [0.2, 0.25) is 0 Å². The van der Waals surface area contributed by atoms with Crippen LogP contribution in [0.15, 0.2) is 24.3 Å². The lowest BCUT2D eigenvalue weighted by molar-refractivity contribution is 0.199. The molecule has 1 aromatic carbocycles. The van der Waals surface area contributed by atoms with E-state index in [9.17, 15) is 5.11 Å². The van der Waals surface area contributed by atoms with Gasteiger partial charge in [-0.3, -0.25) is 0 Å². The number of rotatable bonds is 7. The maximum Gasteiger partial charge on any atom is 0.0761 e. The second-order valence-corrected chi connectivity index (χ2v) is 5.00. The minimum atomic E-state index is -0.386. The summed E-state index contributed by atoms with van der Waals surface area (Å²) < 4.78 is 0. The highest BCUT2D eigenvalue weighted by molar-refractivity contribution is 5.47. The van der Waals surface area contributed by atoms with Crippen molar-refractivity contribution in [2.45, 2.75) is 26.4 Å². The molecule has 0 amide bonds. The SMILES string of the molecule is CCN(CCCN(C)C)c1ccc([C@H](C)O)cc1. The van der Waals surface area contributed by atoms with Crippen molar-refractivity contribution in [2.24, 2.45) is 0 Å². The summed E-state index contributed by atoms with van der Waals surface area (Å²) in [7, 11) is 4.21. The Balaban J connectivity index is 2.58. The molecule has 3 nitrogen and oxygen atoms in total. The Labute approximate surface area is 111 Å². The molecule has 0 aromatic heterocycles. The van der Waals surface area contributed by atoms with Crippen molar-refractivity contribution in [3.05, 3.63) is 29.8 Å². The topological polar surface area (TPSA) is 26.7 Å². The predicted octanol–water partition coefficient (Wildman–Crippen LogP) is 2.52. The van der Waals surface area contributed by atoms with E-state index < -0.39 is 0 Å². The zero-order valence-corrected chi connectivity index (χ0v) is 12.1. The molecule has 0 saturated heterocycles. The summed E-state index contributed by atoms with van der Waals surface area (Å²) in [6, 6.07) is 8.21. The van der Waals surface area contributed by atoms with E-state index in [1.165, 1.54) is 12.1 Å². The molecule has 0 saturated carbocycles. The van der Waals surface area contributed by atoms with Gasteiger partial charge < -0.3 is 14.9 Å². The van der Waals surface area contributed by atoms with E-state index in [0.717, 1.165) is 25.2 Å². The van der Waals surface area contributed by atoms with Crippen LogP contribution in [-0.2, 0) is 0 Å². The van der Waals surface area contributed by atoms with Crippen LogP contribution in [0.1, 0.15) is 31.9 Å². The summed E-state index contributed by atoms with van der Waals surface area (Å²) in [6.45, 7) is 7.17. The minimum absolute atomic E-state index is 0.386. The maximum atomic E-state index is 9.49. The zero-order valence-electron chi connectivity index (χ0n) is 12.1. The fraction of sp³-hybridized carbons (Fsp3) is 0.600. The van der Waals surface area contributed by atoms with E-state index in [1.807, 2.05) is 12.1 Å².